The zero-order valence-corrected chi connectivity index (χ0v) is 15.2. The van der Waals surface area contributed by atoms with Crippen LogP contribution in [0.3, 0.4) is 0 Å². The minimum atomic E-state index is -3.56. The summed E-state index contributed by atoms with van der Waals surface area (Å²) in [5, 5.41) is 1.13. The predicted molar refractivity (Wildman–Crippen MR) is 98.6 cm³/mol. The quantitative estimate of drug-likeness (QED) is 0.761. The summed E-state index contributed by atoms with van der Waals surface area (Å²) in [6.45, 7) is 0. The summed E-state index contributed by atoms with van der Waals surface area (Å²) in [7, 11) is 0.948. The van der Waals surface area contributed by atoms with Crippen molar-refractivity contribution in [3.63, 3.8) is 0 Å². The largest absolute Gasteiger partial charge is 0.496 e. The predicted octanol–water partition coefficient (Wildman–Crippen LogP) is 2.88. The molecule has 0 atom stereocenters. The lowest BCUT2D eigenvalue weighted by Crippen LogP contribution is -2.03. The summed E-state index contributed by atoms with van der Waals surface area (Å²) in [5.41, 5.74) is 7.26. The van der Waals surface area contributed by atoms with Crippen LogP contribution in [-0.2, 0) is 15.6 Å². The Morgan fingerprint density at radius 3 is 2.12 bits per heavy atom. The highest BCUT2D eigenvalue weighted by Crippen LogP contribution is 2.30. The minimum Gasteiger partial charge on any atom is -0.496 e. The first-order valence-corrected chi connectivity index (χ1v) is 9.16. The molecule has 6 nitrogen and oxygen atoms in total. The molecule has 0 saturated heterocycles. The molecule has 0 amide bonds. The zero-order chi connectivity index (χ0) is 18.4. The van der Waals surface area contributed by atoms with E-state index in [2.05, 4.69) is 0 Å². The zero-order valence-electron chi connectivity index (χ0n) is 14.4. The normalized spacial score (nSPS) is 11.5. The van der Waals surface area contributed by atoms with E-state index in [0.717, 1.165) is 5.41 Å². The van der Waals surface area contributed by atoms with E-state index in [1.54, 1.807) is 36.4 Å². The molecular weight excluding hydrogens is 342 g/mol. The number of hydrogen-bond donors (Lipinski definition) is 1. The number of benzene rings is 2. The Morgan fingerprint density at radius 1 is 0.960 bits per heavy atom. The first-order valence-electron chi connectivity index (χ1n) is 7.44. The standard InChI is InChI=1S/C18H21NO5S/c1-22-16-8-7-14(19)11-13(16)12-25(20,21)10-9-15-17(23-2)5-4-6-18(15)24-3/h4-11H,12,19H2,1-3H3/b10-9+. The van der Waals surface area contributed by atoms with Gasteiger partial charge in [-0.2, -0.15) is 0 Å². The average molecular weight is 363 g/mol. The van der Waals surface area contributed by atoms with Gasteiger partial charge in [0.2, 0.25) is 0 Å². The van der Waals surface area contributed by atoms with Crippen LogP contribution in [0.4, 0.5) is 5.69 Å². The van der Waals surface area contributed by atoms with E-state index in [1.165, 1.54) is 27.4 Å². The molecule has 0 aliphatic heterocycles. The van der Waals surface area contributed by atoms with Crippen molar-refractivity contribution in [2.24, 2.45) is 0 Å². The minimum absolute atomic E-state index is 0.227. The van der Waals surface area contributed by atoms with E-state index >= 15 is 0 Å². The number of nitrogen functional groups attached to an aromatic ring is 1. The monoisotopic (exact) mass is 363 g/mol. The van der Waals surface area contributed by atoms with Gasteiger partial charge in [0.1, 0.15) is 17.2 Å². The van der Waals surface area contributed by atoms with Crippen molar-refractivity contribution in [2.45, 2.75) is 5.75 Å². The third-order valence-corrected chi connectivity index (χ3v) is 4.83. The molecule has 0 radical (unpaired) electrons. The molecule has 0 saturated carbocycles. The van der Waals surface area contributed by atoms with Crippen molar-refractivity contribution < 1.29 is 22.6 Å². The second-order valence-electron chi connectivity index (χ2n) is 5.26. The van der Waals surface area contributed by atoms with E-state index in [4.69, 9.17) is 19.9 Å². The molecular formula is C18H21NO5S. The maximum absolute atomic E-state index is 12.5. The SMILES string of the molecule is COc1ccc(N)cc1CS(=O)(=O)/C=C/c1c(OC)cccc1OC. The third-order valence-electron chi connectivity index (χ3n) is 3.57. The lowest BCUT2D eigenvalue weighted by atomic mass is 10.2. The number of sulfone groups is 1. The summed E-state index contributed by atoms with van der Waals surface area (Å²) >= 11 is 0. The second kappa shape index (κ2) is 7.94. The molecule has 134 valence electrons. The average Bonchev–Trinajstić information content (AvgIpc) is 2.59. The maximum atomic E-state index is 12.5. The summed E-state index contributed by atoms with van der Waals surface area (Å²) in [4.78, 5) is 0. The van der Waals surface area contributed by atoms with Gasteiger partial charge >= 0.3 is 0 Å². The highest BCUT2D eigenvalue weighted by Gasteiger charge is 2.14. The number of methoxy groups -OCH3 is 3. The highest BCUT2D eigenvalue weighted by molar-refractivity contribution is 7.93. The van der Waals surface area contributed by atoms with Crippen LogP contribution in [0.15, 0.2) is 41.8 Å². The molecule has 7 heteroatoms. The first kappa shape index (κ1) is 18.7. The van der Waals surface area contributed by atoms with Crippen LogP contribution in [0.5, 0.6) is 17.2 Å². The topological polar surface area (TPSA) is 87.9 Å². The van der Waals surface area contributed by atoms with Crippen molar-refractivity contribution >= 4 is 21.6 Å². The molecule has 0 unspecified atom stereocenters. The van der Waals surface area contributed by atoms with Crippen LogP contribution >= 0.6 is 0 Å². The molecule has 2 aromatic carbocycles. The van der Waals surface area contributed by atoms with Crippen LogP contribution in [0.25, 0.3) is 6.08 Å². The van der Waals surface area contributed by atoms with Gasteiger partial charge in [0.05, 0.1) is 32.6 Å². The van der Waals surface area contributed by atoms with Gasteiger partial charge in [-0.25, -0.2) is 8.42 Å². The Hall–Kier alpha value is -2.67. The van der Waals surface area contributed by atoms with Gasteiger partial charge in [0.25, 0.3) is 0 Å². The maximum Gasteiger partial charge on any atom is 0.175 e. The molecule has 25 heavy (non-hydrogen) atoms. The lowest BCUT2D eigenvalue weighted by molar-refractivity contribution is 0.392. The Morgan fingerprint density at radius 2 is 1.56 bits per heavy atom. The third kappa shape index (κ3) is 4.67. The summed E-state index contributed by atoms with van der Waals surface area (Å²) < 4.78 is 40.7. The molecule has 0 spiro atoms. The highest BCUT2D eigenvalue weighted by atomic mass is 32.2. The Balaban J connectivity index is 2.34. The van der Waals surface area contributed by atoms with Gasteiger partial charge in [-0.1, -0.05) is 6.07 Å². The molecule has 2 N–H and O–H groups in total. The molecule has 0 aromatic heterocycles. The number of nitrogens with two attached hydrogens (primary N) is 1. The van der Waals surface area contributed by atoms with Crippen LogP contribution in [0, 0.1) is 0 Å². The van der Waals surface area contributed by atoms with Gasteiger partial charge in [-0.15, -0.1) is 0 Å². The molecule has 0 fully saturated rings. The van der Waals surface area contributed by atoms with Gasteiger partial charge in [0.15, 0.2) is 9.84 Å². The second-order valence-corrected chi connectivity index (χ2v) is 7.14. The molecule has 2 aromatic rings. The van der Waals surface area contributed by atoms with Crippen molar-refractivity contribution in [3.05, 3.63) is 52.9 Å². The fraction of sp³-hybridized carbons (Fsp3) is 0.222. The van der Waals surface area contributed by atoms with Gasteiger partial charge < -0.3 is 19.9 Å². The Kier molecular flexibility index (Phi) is 5.93. The summed E-state index contributed by atoms with van der Waals surface area (Å²) in [6.07, 6.45) is 1.46. The van der Waals surface area contributed by atoms with Gasteiger partial charge in [-0.3, -0.25) is 0 Å². The van der Waals surface area contributed by atoms with Gasteiger partial charge in [0, 0.05) is 16.7 Å². The van der Waals surface area contributed by atoms with Crippen LogP contribution in [0.1, 0.15) is 11.1 Å². The van der Waals surface area contributed by atoms with Crippen molar-refractivity contribution in [1.82, 2.24) is 0 Å². The number of rotatable bonds is 7. The lowest BCUT2D eigenvalue weighted by Gasteiger charge is -2.10. The van der Waals surface area contributed by atoms with Crippen molar-refractivity contribution in [1.29, 1.82) is 0 Å². The Bertz CT molecular complexity index is 853. The van der Waals surface area contributed by atoms with E-state index in [-0.39, 0.29) is 5.75 Å². The van der Waals surface area contributed by atoms with E-state index in [9.17, 15) is 8.42 Å². The van der Waals surface area contributed by atoms with Crippen molar-refractivity contribution in [2.75, 3.05) is 27.1 Å². The van der Waals surface area contributed by atoms with Crippen molar-refractivity contribution in [3.8, 4) is 17.2 Å². The fourth-order valence-corrected chi connectivity index (χ4v) is 3.49. The van der Waals surface area contributed by atoms with E-state index in [0.29, 0.717) is 34.1 Å². The number of ether oxygens (including phenoxy) is 3. The summed E-state index contributed by atoms with van der Waals surface area (Å²) in [6, 6.07) is 10.1. The number of anilines is 1. The van der Waals surface area contributed by atoms with E-state index < -0.39 is 9.84 Å². The molecule has 0 aliphatic rings. The molecule has 0 heterocycles. The van der Waals surface area contributed by atoms with Crippen LogP contribution in [0.2, 0.25) is 0 Å². The molecule has 0 aliphatic carbocycles. The summed E-state index contributed by atoms with van der Waals surface area (Å²) in [5.74, 6) is 1.29. The van der Waals surface area contributed by atoms with Gasteiger partial charge in [-0.05, 0) is 36.4 Å². The first-order chi connectivity index (χ1) is 11.9. The Labute approximate surface area is 147 Å². The molecule has 0 bridgehead atoms. The number of hydrogen-bond acceptors (Lipinski definition) is 6. The molecule has 2 rings (SSSR count). The smallest absolute Gasteiger partial charge is 0.175 e. The fourth-order valence-electron chi connectivity index (χ4n) is 2.39. The van der Waals surface area contributed by atoms with E-state index in [1.807, 2.05) is 0 Å². The van der Waals surface area contributed by atoms with Crippen LogP contribution < -0.4 is 19.9 Å². The van der Waals surface area contributed by atoms with Crippen LogP contribution in [-0.4, -0.2) is 29.7 Å².